The maximum Gasteiger partial charge on any atom is 0.256 e. The number of benzene rings is 1. The number of pyridine rings is 1. The highest BCUT2D eigenvalue weighted by molar-refractivity contribution is 5.97. The molecule has 0 saturated carbocycles. The predicted octanol–water partition coefficient (Wildman–Crippen LogP) is 4.18. The van der Waals surface area contributed by atoms with Crippen LogP contribution in [0.25, 0.3) is 17.0 Å². The van der Waals surface area contributed by atoms with E-state index in [1.807, 2.05) is 52.0 Å². The number of anilines is 1. The maximum atomic E-state index is 12.8. The summed E-state index contributed by atoms with van der Waals surface area (Å²) in [5.41, 5.74) is 2.07. The van der Waals surface area contributed by atoms with Crippen molar-refractivity contribution in [2.45, 2.75) is 40.2 Å². The molecule has 0 aliphatic carbocycles. The van der Waals surface area contributed by atoms with E-state index in [2.05, 4.69) is 10.3 Å². The molecule has 3 aromatic rings. The second-order valence-corrected chi connectivity index (χ2v) is 9.01. The van der Waals surface area contributed by atoms with Gasteiger partial charge in [0.1, 0.15) is 17.2 Å². The van der Waals surface area contributed by atoms with Crippen molar-refractivity contribution >= 4 is 34.7 Å². The van der Waals surface area contributed by atoms with Gasteiger partial charge in [-0.05, 0) is 44.0 Å². The van der Waals surface area contributed by atoms with Crippen molar-refractivity contribution in [3.05, 3.63) is 69.2 Å². The van der Waals surface area contributed by atoms with E-state index in [9.17, 15) is 14.4 Å². The van der Waals surface area contributed by atoms with Crippen molar-refractivity contribution in [1.82, 2.24) is 9.88 Å². The van der Waals surface area contributed by atoms with E-state index < -0.39 is 5.41 Å². The van der Waals surface area contributed by atoms with Crippen LogP contribution in [-0.2, 0) is 16.0 Å². The molecule has 166 valence electrons. The summed E-state index contributed by atoms with van der Waals surface area (Å²) >= 11 is 0. The summed E-state index contributed by atoms with van der Waals surface area (Å²) < 4.78 is 6.00. The zero-order chi connectivity index (χ0) is 23.2. The zero-order valence-corrected chi connectivity index (χ0v) is 18.9. The average Bonchev–Trinajstić information content (AvgIpc) is 3.09. The molecule has 7 heteroatoms. The molecule has 0 fully saturated rings. The Hall–Kier alpha value is -3.61. The van der Waals surface area contributed by atoms with Gasteiger partial charge in [0.2, 0.25) is 11.8 Å². The summed E-state index contributed by atoms with van der Waals surface area (Å²) in [7, 11) is 1.71. The predicted molar refractivity (Wildman–Crippen MR) is 124 cm³/mol. The molecule has 0 spiro atoms. The van der Waals surface area contributed by atoms with Crippen molar-refractivity contribution in [2.75, 3.05) is 12.4 Å². The Morgan fingerprint density at radius 1 is 1.25 bits per heavy atom. The molecule has 2 aromatic heterocycles. The molecule has 1 atom stereocenters. The standard InChI is InChI=1S/C25H27N3O4/c1-14-18-8-6-7-9-19(18)32-21(14)15(2)28(5)20(29)11-10-16-12-17-13-25(3,4)24(31)27-22(17)26-23(16)30/h6-12,15H,13H2,1-5H3,(H2,26,27,30,31)/b11-10+/t15-/m1/s1. The van der Waals surface area contributed by atoms with Crippen LogP contribution in [0.15, 0.2) is 45.6 Å². The fraction of sp³-hybridized carbons (Fsp3) is 0.320. The first-order valence-electron chi connectivity index (χ1n) is 10.6. The number of fused-ring (bicyclic) bond motifs is 2. The Labute approximate surface area is 186 Å². The van der Waals surface area contributed by atoms with E-state index in [1.54, 1.807) is 18.0 Å². The second-order valence-electron chi connectivity index (χ2n) is 9.01. The number of carbonyl (C=O) groups is 2. The Morgan fingerprint density at radius 3 is 2.69 bits per heavy atom. The molecular formula is C25H27N3O4. The van der Waals surface area contributed by atoms with Crippen molar-refractivity contribution in [2.24, 2.45) is 5.41 Å². The molecule has 2 amide bonds. The lowest BCUT2D eigenvalue weighted by Gasteiger charge is -2.30. The number of hydrogen-bond donors (Lipinski definition) is 2. The maximum absolute atomic E-state index is 12.8. The molecule has 0 bridgehead atoms. The number of nitrogens with zero attached hydrogens (tertiary/aromatic N) is 1. The quantitative estimate of drug-likeness (QED) is 0.603. The van der Waals surface area contributed by atoms with E-state index in [4.69, 9.17) is 4.42 Å². The molecule has 1 aromatic carbocycles. The number of aromatic nitrogens is 1. The molecule has 4 rings (SSSR count). The third kappa shape index (κ3) is 3.75. The Kier molecular flexibility index (Phi) is 5.28. The van der Waals surface area contributed by atoms with Gasteiger partial charge in [-0.15, -0.1) is 0 Å². The first kappa shape index (κ1) is 21.6. The number of H-pyrrole nitrogens is 1. The highest BCUT2D eigenvalue weighted by Gasteiger charge is 2.34. The van der Waals surface area contributed by atoms with Crippen molar-refractivity contribution in [1.29, 1.82) is 0 Å². The minimum atomic E-state index is -0.567. The number of likely N-dealkylation sites (N-methyl/N-ethyl adjacent to an activating group) is 1. The summed E-state index contributed by atoms with van der Waals surface area (Å²) in [6.07, 6.45) is 3.40. The van der Waals surface area contributed by atoms with E-state index >= 15 is 0 Å². The number of rotatable bonds is 4. The highest BCUT2D eigenvalue weighted by atomic mass is 16.3. The van der Waals surface area contributed by atoms with Crippen molar-refractivity contribution in [3.8, 4) is 0 Å². The molecule has 1 aliphatic heterocycles. The number of carbonyl (C=O) groups excluding carboxylic acids is 2. The zero-order valence-electron chi connectivity index (χ0n) is 18.9. The summed E-state index contributed by atoms with van der Waals surface area (Å²) in [6.45, 7) is 7.60. The summed E-state index contributed by atoms with van der Waals surface area (Å²) in [6, 6.07) is 9.23. The van der Waals surface area contributed by atoms with Gasteiger partial charge < -0.3 is 19.6 Å². The number of furan rings is 1. The van der Waals surface area contributed by atoms with Gasteiger partial charge >= 0.3 is 0 Å². The van der Waals surface area contributed by atoms with Gasteiger partial charge in [0.05, 0.1) is 6.04 Å². The third-order valence-electron chi connectivity index (χ3n) is 6.23. The van der Waals surface area contributed by atoms with Crippen molar-refractivity contribution < 1.29 is 14.0 Å². The van der Waals surface area contributed by atoms with Crippen LogP contribution in [0.3, 0.4) is 0 Å². The largest absolute Gasteiger partial charge is 0.459 e. The number of aromatic amines is 1. The van der Waals surface area contributed by atoms with Crippen LogP contribution in [-0.4, -0.2) is 28.7 Å². The molecule has 0 saturated heterocycles. The molecule has 32 heavy (non-hydrogen) atoms. The monoisotopic (exact) mass is 433 g/mol. The van der Waals surface area contributed by atoms with Gasteiger partial charge in [-0.25, -0.2) is 0 Å². The lowest BCUT2D eigenvalue weighted by Crippen LogP contribution is -2.38. The number of para-hydroxylation sites is 1. The summed E-state index contributed by atoms with van der Waals surface area (Å²) in [5, 5.41) is 3.78. The fourth-order valence-electron chi connectivity index (χ4n) is 4.04. The van der Waals surface area contributed by atoms with Crippen LogP contribution >= 0.6 is 0 Å². The molecule has 0 unspecified atom stereocenters. The van der Waals surface area contributed by atoms with E-state index in [0.29, 0.717) is 17.8 Å². The van der Waals surface area contributed by atoms with Gasteiger partial charge in [0, 0.05) is 35.1 Å². The highest BCUT2D eigenvalue weighted by Crippen LogP contribution is 2.33. The van der Waals surface area contributed by atoms with Gasteiger partial charge in [0.15, 0.2) is 0 Å². The van der Waals surface area contributed by atoms with Crippen LogP contribution in [0.2, 0.25) is 0 Å². The number of nitrogens with one attached hydrogen (secondary N) is 2. The normalized spacial score (nSPS) is 16.1. The molecule has 1 aliphatic rings. The Bertz CT molecular complexity index is 1310. The van der Waals surface area contributed by atoms with Crippen LogP contribution in [0, 0.1) is 12.3 Å². The minimum Gasteiger partial charge on any atom is -0.459 e. The number of amides is 2. The smallest absolute Gasteiger partial charge is 0.256 e. The third-order valence-corrected chi connectivity index (χ3v) is 6.23. The van der Waals surface area contributed by atoms with Crippen LogP contribution in [0.4, 0.5) is 5.82 Å². The van der Waals surface area contributed by atoms with Crippen LogP contribution in [0.5, 0.6) is 0 Å². The van der Waals surface area contributed by atoms with E-state index in [1.165, 1.54) is 12.2 Å². The summed E-state index contributed by atoms with van der Waals surface area (Å²) in [4.78, 5) is 41.7. The molecule has 3 heterocycles. The summed E-state index contributed by atoms with van der Waals surface area (Å²) in [5.74, 6) is 0.785. The first-order valence-corrected chi connectivity index (χ1v) is 10.6. The fourth-order valence-corrected chi connectivity index (χ4v) is 4.04. The van der Waals surface area contributed by atoms with Crippen molar-refractivity contribution in [3.63, 3.8) is 0 Å². The second kappa shape index (κ2) is 7.82. The molecule has 7 nitrogen and oxygen atoms in total. The molecular weight excluding hydrogens is 406 g/mol. The first-order chi connectivity index (χ1) is 15.1. The van der Waals surface area contributed by atoms with Gasteiger partial charge in [-0.3, -0.25) is 14.4 Å². The number of hydrogen-bond acceptors (Lipinski definition) is 4. The average molecular weight is 434 g/mol. The van der Waals surface area contributed by atoms with Crippen LogP contribution in [0.1, 0.15) is 49.3 Å². The Balaban J connectivity index is 1.56. The van der Waals surface area contributed by atoms with Crippen LogP contribution < -0.4 is 10.9 Å². The molecule has 2 N–H and O–H groups in total. The SMILES string of the molecule is Cc1c([C@@H](C)N(C)C(=O)/C=C/c2cc3c([nH]c2=O)NC(=O)C(C)(C)C3)oc2ccccc12. The van der Waals surface area contributed by atoms with Gasteiger partial charge in [-0.1, -0.05) is 32.0 Å². The lowest BCUT2D eigenvalue weighted by atomic mass is 9.82. The van der Waals surface area contributed by atoms with E-state index in [-0.39, 0.29) is 23.4 Å². The topological polar surface area (TPSA) is 95.4 Å². The lowest BCUT2D eigenvalue weighted by molar-refractivity contribution is -0.127. The van der Waals surface area contributed by atoms with Gasteiger partial charge in [-0.2, -0.15) is 0 Å². The van der Waals surface area contributed by atoms with E-state index in [0.717, 1.165) is 27.9 Å². The van der Waals surface area contributed by atoms with Gasteiger partial charge in [0.25, 0.3) is 5.56 Å². The molecule has 0 radical (unpaired) electrons. The minimum absolute atomic E-state index is 0.129. The number of aryl methyl sites for hydroxylation is 1. The Morgan fingerprint density at radius 2 is 1.97 bits per heavy atom.